The van der Waals surface area contributed by atoms with Gasteiger partial charge >= 0.3 is 6.18 Å². The average molecular weight is 349 g/mol. The van der Waals surface area contributed by atoms with Crippen molar-refractivity contribution in [1.82, 2.24) is 0 Å². The number of anilines is 1. The third-order valence-corrected chi connectivity index (χ3v) is 3.97. The van der Waals surface area contributed by atoms with Gasteiger partial charge in [-0.25, -0.2) is 0 Å². The molecule has 2 aromatic rings. The van der Waals surface area contributed by atoms with Crippen LogP contribution in [-0.2, 0) is 22.8 Å². The van der Waals surface area contributed by atoms with Crippen molar-refractivity contribution in [2.75, 3.05) is 5.32 Å². The highest BCUT2D eigenvalue weighted by molar-refractivity contribution is 5.91. The van der Waals surface area contributed by atoms with E-state index in [1.807, 2.05) is 24.3 Å². The summed E-state index contributed by atoms with van der Waals surface area (Å²) in [7, 11) is 0. The molecule has 1 N–H and O–H groups in total. The van der Waals surface area contributed by atoms with Crippen molar-refractivity contribution in [3.63, 3.8) is 0 Å². The Kier molecular flexibility index (Phi) is 5.55. The number of aryl methyl sites for hydroxylation is 1. The van der Waals surface area contributed by atoms with Crippen LogP contribution in [0.25, 0.3) is 0 Å². The molecule has 0 aromatic heterocycles. The molecular formula is C20H22F3NO. The van der Waals surface area contributed by atoms with Crippen molar-refractivity contribution in [3.05, 3.63) is 65.2 Å². The standard InChI is InChI=1S/C20H22F3NO/c1-19(2,3)15-11-8-14(9-12-15)10-13-18(25)24-17-7-5-4-6-16(17)20(21,22)23/h4-9,11-12H,10,13H2,1-3H3,(H,24,25). The molecule has 25 heavy (non-hydrogen) atoms. The van der Waals surface area contributed by atoms with E-state index >= 15 is 0 Å². The number of hydrogen-bond acceptors (Lipinski definition) is 1. The number of rotatable bonds is 4. The number of nitrogens with one attached hydrogen (secondary N) is 1. The van der Waals surface area contributed by atoms with Gasteiger partial charge in [-0.05, 0) is 35.1 Å². The van der Waals surface area contributed by atoms with Gasteiger partial charge in [0.1, 0.15) is 0 Å². The van der Waals surface area contributed by atoms with Crippen LogP contribution >= 0.6 is 0 Å². The molecule has 0 radical (unpaired) electrons. The van der Waals surface area contributed by atoms with E-state index in [9.17, 15) is 18.0 Å². The molecular weight excluding hydrogens is 327 g/mol. The lowest BCUT2D eigenvalue weighted by Crippen LogP contribution is -2.17. The number of benzene rings is 2. The molecule has 0 heterocycles. The number of carbonyl (C=O) groups is 1. The van der Waals surface area contributed by atoms with Crippen molar-refractivity contribution in [2.45, 2.75) is 45.2 Å². The monoisotopic (exact) mass is 349 g/mol. The molecule has 0 fully saturated rings. The van der Waals surface area contributed by atoms with Crippen LogP contribution in [0.1, 0.15) is 43.9 Å². The number of carbonyl (C=O) groups excluding carboxylic acids is 1. The Morgan fingerprint density at radius 2 is 1.56 bits per heavy atom. The molecule has 0 aliphatic heterocycles. The smallest absolute Gasteiger partial charge is 0.325 e. The number of halogens is 3. The van der Waals surface area contributed by atoms with E-state index < -0.39 is 17.6 Å². The molecule has 2 aromatic carbocycles. The van der Waals surface area contributed by atoms with Crippen LogP contribution < -0.4 is 5.32 Å². The highest BCUT2D eigenvalue weighted by atomic mass is 19.4. The van der Waals surface area contributed by atoms with Crippen LogP contribution in [0.15, 0.2) is 48.5 Å². The minimum Gasteiger partial charge on any atom is -0.325 e. The predicted molar refractivity (Wildman–Crippen MR) is 93.5 cm³/mol. The first-order chi connectivity index (χ1) is 11.6. The van der Waals surface area contributed by atoms with Crippen molar-refractivity contribution in [1.29, 1.82) is 0 Å². The molecule has 0 spiro atoms. The van der Waals surface area contributed by atoms with Gasteiger partial charge in [-0.3, -0.25) is 4.79 Å². The Morgan fingerprint density at radius 3 is 2.12 bits per heavy atom. The summed E-state index contributed by atoms with van der Waals surface area (Å²) in [5.41, 5.74) is 1.19. The predicted octanol–water partition coefficient (Wildman–Crippen LogP) is 5.57. The van der Waals surface area contributed by atoms with Crippen LogP contribution in [0.3, 0.4) is 0 Å². The summed E-state index contributed by atoms with van der Waals surface area (Å²) in [5.74, 6) is -0.434. The zero-order chi connectivity index (χ0) is 18.7. The summed E-state index contributed by atoms with van der Waals surface area (Å²) < 4.78 is 38.8. The Labute approximate surface area is 146 Å². The number of hydrogen-bond donors (Lipinski definition) is 1. The molecule has 2 nitrogen and oxygen atoms in total. The van der Waals surface area contributed by atoms with Gasteiger partial charge < -0.3 is 5.32 Å². The van der Waals surface area contributed by atoms with E-state index in [1.54, 1.807) is 0 Å². The van der Waals surface area contributed by atoms with Gasteiger partial charge in [0.05, 0.1) is 11.3 Å². The Hall–Kier alpha value is -2.30. The lowest BCUT2D eigenvalue weighted by molar-refractivity contribution is -0.137. The normalized spacial score (nSPS) is 12.1. The van der Waals surface area contributed by atoms with E-state index in [0.29, 0.717) is 6.42 Å². The molecule has 0 bridgehead atoms. The molecule has 0 aliphatic carbocycles. The second-order valence-corrected chi connectivity index (χ2v) is 7.04. The third-order valence-electron chi connectivity index (χ3n) is 3.97. The quantitative estimate of drug-likeness (QED) is 0.768. The summed E-state index contributed by atoms with van der Waals surface area (Å²) in [5, 5.41) is 2.36. The lowest BCUT2D eigenvalue weighted by Gasteiger charge is -2.19. The second-order valence-electron chi connectivity index (χ2n) is 7.04. The SMILES string of the molecule is CC(C)(C)c1ccc(CCC(=O)Nc2ccccc2C(F)(F)F)cc1. The van der Waals surface area contributed by atoms with Crippen LogP contribution in [0, 0.1) is 0 Å². The van der Waals surface area contributed by atoms with E-state index in [0.717, 1.165) is 11.6 Å². The van der Waals surface area contributed by atoms with E-state index in [-0.39, 0.29) is 17.5 Å². The van der Waals surface area contributed by atoms with Crippen molar-refractivity contribution in [2.24, 2.45) is 0 Å². The van der Waals surface area contributed by atoms with Crippen LogP contribution in [0.5, 0.6) is 0 Å². The number of para-hydroxylation sites is 1. The molecule has 0 saturated carbocycles. The topological polar surface area (TPSA) is 29.1 Å². The minimum absolute atomic E-state index is 0.0528. The first-order valence-corrected chi connectivity index (χ1v) is 8.13. The summed E-state index contributed by atoms with van der Waals surface area (Å²) in [6, 6.07) is 12.9. The van der Waals surface area contributed by atoms with Gasteiger partial charge in [-0.15, -0.1) is 0 Å². The van der Waals surface area contributed by atoms with Crippen molar-refractivity contribution < 1.29 is 18.0 Å². The fraction of sp³-hybridized carbons (Fsp3) is 0.350. The van der Waals surface area contributed by atoms with Gasteiger partial charge in [-0.2, -0.15) is 13.2 Å². The van der Waals surface area contributed by atoms with Crippen LogP contribution in [-0.4, -0.2) is 5.91 Å². The maximum absolute atomic E-state index is 12.9. The number of alkyl halides is 3. The Morgan fingerprint density at radius 1 is 0.960 bits per heavy atom. The first kappa shape index (κ1) is 19.0. The zero-order valence-corrected chi connectivity index (χ0v) is 14.6. The first-order valence-electron chi connectivity index (χ1n) is 8.13. The Bertz CT molecular complexity index is 728. The summed E-state index contributed by atoms with van der Waals surface area (Å²) in [6.45, 7) is 6.36. The Balaban J connectivity index is 1.98. The average Bonchev–Trinajstić information content (AvgIpc) is 2.52. The third kappa shape index (κ3) is 5.34. The second kappa shape index (κ2) is 7.30. The van der Waals surface area contributed by atoms with Gasteiger partial charge in [-0.1, -0.05) is 57.2 Å². The molecule has 2 rings (SSSR count). The summed E-state index contributed by atoms with van der Waals surface area (Å²) >= 11 is 0. The largest absolute Gasteiger partial charge is 0.418 e. The van der Waals surface area contributed by atoms with E-state index in [1.165, 1.54) is 23.8 Å². The molecule has 0 saturated heterocycles. The van der Waals surface area contributed by atoms with Crippen molar-refractivity contribution >= 4 is 11.6 Å². The maximum atomic E-state index is 12.9. The highest BCUT2D eigenvalue weighted by Gasteiger charge is 2.33. The van der Waals surface area contributed by atoms with Crippen LogP contribution in [0.2, 0.25) is 0 Å². The zero-order valence-electron chi connectivity index (χ0n) is 14.6. The molecule has 1 amide bonds. The summed E-state index contributed by atoms with van der Waals surface area (Å²) in [6.07, 6.45) is -3.89. The van der Waals surface area contributed by atoms with E-state index in [4.69, 9.17) is 0 Å². The van der Waals surface area contributed by atoms with Crippen LogP contribution in [0.4, 0.5) is 18.9 Å². The fourth-order valence-corrected chi connectivity index (χ4v) is 2.48. The lowest BCUT2D eigenvalue weighted by atomic mass is 9.86. The minimum atomic E-state index is -4.49. The van der Waals surface area contributed by atoms with Gasteiger partial charge in [0, 0.05) is 6.42 Å². The maximum Gasteiger partial charge on any atom is 0.418 e. The van der Waals surface area contributed by atoms with Gasteiger partial charge in [0.2, 0.25) is 5.91 Å². The molecule has 0 unspecified atom stereocenters. The fourth-order valence-electron chi connectivity index (χ4n) is 2.48. The molecule has 134 valence electrons. The van der Waals surface area contributed by atoms with Gasteiger partial charge in [0.15, 0.2) is 0 Å². The van der Waals surface area contributed by atoms with Crippen molar-refractivity contribution in [3.8, 4) is 0 Å². The number of amides is 1. The van der Waals surface area contributed by atoms with E-state index in [2.05, 4.69) is 26.1 Å². The molecule has 0 atom stereocenters. The van der Waals surface area contributed by atoms with Gasteiger partial charge in [0.25, 0.3) is 0 Å². The molecule has 5 heteroatoms. The highest BCUT2D eigenvalue weighted by Crippen LogP contribution is 2.34. The molecule has 0 aliphatic rings. The summed E-state index contributed by atoms with van der Waals surface area (Å²) in [4.78, 5) is 12.0.